The third-order valence-corrected chi connectivity index (χ3v) is 5.37. The molecule has 0 fully saturated rings. The van der Waals surface area contributed by atoms with Crippen LogP contribution in [0.15, 0.2) is 11.4 Å². The lowest BCUT2D eigenvalue weighted by molar-refractivity contribution is 0.509. The average Bonchev–Trinajstić information content (AvgIpc) is 2.67. The van der Waals surface area contributed by atoms with Crippen molar-refractivity contribution < 1.29 is 0 Å². The largest absolute Gasteiger partial charge is 0.229 e. The Morgan fingerprint density at radius 1 is 1.47 bits per heavy atom. The molecule has 2 aromatic heterocycles. The monoisotopic (exact) mass is 264 g/mol. The number of hydrogen-bond acceptors (Lipinski definition) is 4. The van der Waals surface area contributed by atoms with E-state index in [1.165, 1.54) is 34.5 Å². The molecule has 2 aromatic rings. The minimum atomic E-state index is 0.825. The zero-order valence-electron chi connectivity index (χ0n) is 10.2. The summed E-state index contributed by atoms with van der Waals surface area (Å²) in [6, 6.07) is 0. The summed E-state index contributed by atoms with van der Waals surface area (Å²) in [5, 5.41) is 2.54. The van der Waals surface area contributed by atoms with Crippen LogP contribution in [0.25, 0.3) is 10.2 Å². The van der Waals surface area contributed by atoms with Gasteiger partial charge in [-0.05, 0) is 36.5 Å². The predicted molar refractivity (Wildman–Crippen MR) is 75.0 cm³/mol. The molecule has 0 spiro atoms. The van der Waals surface area contributed by atoms with Gasteiger partial charge in [-0.1, -0.05) is 13.8 Å². The zero-order chi connectivity index (χ0) is 11.8. The number of aromatic nitrogens is 2. The van der Waals surface area contributed by atoms with Gasteiger partial charge in [-0.15, -0.1) is 23.1 Å². The first-order valence-electron chi connectivity index (χ1n) is 6.17. The number of fused-ring (bicyclic) bond motifs is 3. The molecule has 0 radical (unpaired) electrons. The molecule has 1 aliphatic carbocycles. The van der Waals surface area contributed by atoms with Crippen LogP contribution in [0.1, 0.15) is 30.7 Å². The Morgan fingerprint density at radius 3 is 3.18 bits per heavy atom. The summed E-state index contributed by atoms with van der Waals surface area (Å²) in [5.41, 5.74) is 1.54. The Balaban J connectivity index is 2.18. The maximum atomic E-state index is 4.45. The highest BCUT2D eigenvalue weighted by molar-refractivity contribution is 7.99. The van der Waals surface area contributed by atoms with Gasteiger partial charge in [0.15, 0.2) is 0 Å². The first kappa shape index (κ1) is 11.5. The quantitative estimate of drug-likeness (QED) is 0.607. The number of thioether (sulfide) groups is 1. The van der Waals surface area contributed by atoms with Crippen LogP contribution < -0.4 is 0 Å². The minimum Gasteiger partial charge on any atom is -0.229 e. The van der Waals surface area contributed by atoms with E-state index in [0.717, 1.165) is 11.7 Å². The molecule has 0 unspecified atom stereocenters. The third-order valence-electron chi connectivity index (χ3n) is 3.34. The lowest BCUT2D eigenvalue weighted by Crippen LogP contribution is -2.08. The molecule has 90 valence electrons. The smallest absolute Gasteiger partial charge is 0.128 e. The van der Waals surface area contributed by atoms with E-state index in [4.69, 9.17) is 0 Å². The van der Waals surface area contributed by atoms with Crippen molar-refractivity contribution in [3.63, 3.8) is 0 Å². The molecule has 1 aliphatic rings. The Hall–Kier alpha value is -0.610. The standard InChI is InChI=1S/C13H16N2S2/c1-3-16-12-11-9-5-4-8(2)6-10(9)17-13(11)15-7-14-12/h7-8H,3-6H2,1-2H3/t8-/m1/s1. The summed E-state index contributed by atoms with van der Waals surface area (Å²) in [6.45, 7) is 4.53. The van der Waals surface area contributed by atoms with Crippen molar-refractivity contribution in [2.24, 2.45) is 5.92 Å². The van der Waals surface area contributed by atoms with E-state index in [1.54, 1.807) is 16.8 Å². The molecule has 3 rings (SSSR count). The fraction of sp³-hybridized carbons (Fsp3) is 0.538. The van der Waals surface area contributed by atoms with Gasteiger partial charge in [-0.3, -0.25) is 0 Å². The van der Waals surface area contributed by atoms with Crippen molar-refractivity contribution in [3.8, 4) is 0 Å². The van der Waals surface area contributed by atoms with Crippen molar-refractivity contribution >= 4 is 33.3 Å². The second-order valence-electron chi connectivity index (χ2n) is 4.64. The van der Waals surface area contributed by atoms with Crippen LogP contribution in [0.5, 0.6) is 0 Å². The summed E-state index contributed by atoms with van der Waals surface area (Å²) in [6.07, 6.45) is 5.46. The topological polar surface area (TPSA) is 25.8 Å². The Morgan fingerprint density at radius 2 is 2.35 bits per heavy atom. The predicted octanol–water partition coefficient (Wildman–Crippen LogP) is 3.93. The number of aryl methyl sites for hydroxylation is 1. The number of thiophene rings is 1. The minimum absolute atomic E-state index is 0.825. The molecule has 2 heterocycles. The Bertz CT molecular complexity index is 548. The average molecular weight is 264 g/mol. The molecule has 0 saturated heterocycles. The van der Waals surface area contributed by atoms with Crippen LogP contribution in [0.3, 0.4) is 0 Å². The second kappa shape index (κ2) is 4.58. The molecule has 4 heteroatoms. The lowest BCUT2D eigenvalue weighted by Gasteiger charge is -2.18. The third kappa shape index (κ3) is 1.97. The fourth-order valence-corrected chi connectivity index (χ4v) is 4.67. The SMILES string of the molecule is CCSc1ncnc2sc3c(c12)CC[C@@H](C)C3. The maximum Gasteiger partial charge on any atom is 0.128 e. The zero-order valence-corrected chi connectivity index (χ0v) is 11.8. The van der Waals surface area contributed by atoms with Crippen LogP contribution >= 0.6 is 23.1 Å². The first-order chi connectivity index (χ1) is 8.29. The molecule has 0 saturated carbocycles. The highest BCUT2D eigenvalue weighted by Crippen LogP contribution is 2.40. The Labute approximate surface area is 110 Å². The van der Waals surface area contributed by atoms with Gasteiger partial charge in [-0.2, -0.15) is 0 Å². The van der Waals surface area contributed by atoms with E-state index < -0.39 is 0 Å². The Kier molecular flexibility index (Phi) is 3.09. The summed E-state index contributed by atoms with van der Waals surface area (Å²) < 4.78 is 0. The lowest BCUT2D eigenvalue weighted by atomic mass is 9.89. The van der Waals surface area contributed by atoms with E-state index in [1.807, 2.05) is 23.1 Å². The fourth-order valence-electron chi connectivity index (χ4n) is 2.49. The molecule has 0 bridgehead atoms. The highest BCUT2D eigenvalue weighted by Gasteiger charge is 2.22. The van der Waals surface area contributed by atoms with Crippen LogP contribution in [0, 0.1) is 5.92 Å². The van der Waals surface area contributed by atoms with Crippen molar-refractivity contribution in [1.82, 2.24) is 9.97 Å². The van der Waals surface area contributed by atoms with Crippen molar-refractivity contribution in [1.29, 1.82) is 0 Å². The van der Waals surface area contributed by atoms with Gasteiger partial charge in [0.25, 0.3) is 0 Å². The summed E-state index contributed by atoms with van der Waals surface area (Å²) >= 11 is 3.72. The normalized spacial score (nSPS) is 19.5. The number of nitrogens with zero attached hydrogens (tertiary/aromatic N) is 2. The molecule has 17 heavy (non-hydrogen) atoms. The van der Waals surface area contributed by atoms with Gasteiger partial charge >= 0.3 is 0 Å². The van der Waals surface area contributed by atoms with Gasteiger partial charge in [0, 0.05) is 10.3 Å². The first-order valence-corrected chi connectivity index (χ1v) is 7.97. The van der Waals surface area contributed by atoms with E-state index >= 15 is 0 Å². The van der Waals surface area contributed by atoms with E-state index in [2.05, 4.69) is 23.8 Å². The second-order valence-corrected chi connectivity index (χ2v) is 6.98. The molecule has 0 aromatic carbocycles. The summed E-state index contributed by atoms with van der Waals surface area (Å²) in [7, 11) is 0. The van der Waals surface area contributed by atoms with E-state index in [-0.39, 0.29) is 0 Å². The van der Waals surface area contributed by atoms with E-state index in [9.17, 15) is 0 Å². The molecular formula is C13H16N2S2. The highest BCUT2D eigenvalue weighted by atomic mass is 32.2. The molecule has 2 nitrogen and oxygen atoms in total. The van der Waals surface area contributed by atoms with Crippen LogP contribution in [0.2, 0.25) is 0 Å². The number of rotatable bonds is 2. The number of hydrogen-bond donors (Lipinski definition) is 0. The summed E-state index contributed by atoms with van der Waals surface area (Å²) in [5.74, 6) is 1.90. The molecule has 0 N–H and O–H groups in total. The van der Waals surface area contributed by atoms with Gasteiger partial charge < -0.3 is 0 Å². The van der Waals surface area contributed by atoms with E-state index in [0.29, 0.717) is 0 Å². The van der Waals surface area contributed by atoms with Gasteiger partial charge in [0.1, 0.15) is 16.2 Å². The molecule has 0 amide bonds. The maximum absolute atomic E-state index is 4.45. The molecule has 1 atom stereocenters. The van der Waals surface area contributed by atoms with Crippen LogP contribution in [-0.4, -0.2) is 15.7 Å². The van der Waals surface area contributed by atoms with Crippen molar-refractivity contribution in [2.75, 3.05) is 5.75 Å². The van der Waals surface area contributed by atoms with Crippen LogP contribution in [-0.2, 0) is 12.8 Å². The van der Waals surface area contributed by atoms with Crippen molar-refractivity contribution in [2.45, 2.75) is 38.1 Å². The van der Waals surface area contributed by atoms with Gasteiger partial charge in [-0.25, -0.2) is 9.97 Å². The van der Waals surface area contributed by atoms with Gasteiger partial charge in [0.2, 0.25) is 0 Å². The van der Waals surface area contributed by atoms with Crippen LogP contribution in [0.4, 0.5) is 0 Å². The van der Waals surface area contributed by atoms with Gasteiger partial charge in [0.05, 0.1) is 0 Å². The molecule has 0 aliphatic heterocycles. The summed E-state index contributed by atoms with van der Waals surface area (Å²) in [4.78, 5) is 11.6. The van der Waals surface area contributed by atoms with Crippen molar-refractivity contribution in [3.05, 3.63) is 16.8 Å². The molecular weight excluding hydrogens is 248 g/mol.